The third-order valence-corrected chi connectivity index (χ3v) is 5.54. The molecule has 0 saturated carbocycles. The van der Waals surface area contributed by atoms with Crippen LogP contribution < -0.4 is 5.32 Å². The third kappa shape index (κ3) is 3.69. The van der Waals surface area contributed by atoms with E-state index in [1.54, 1.807) is 6.92 Å². The highest BCUT2D eigenvalue weighted by Crippen LogP contribution is 2.39. The number of imidazole rings is 1. The van der Waals surface area contributed by atoms with Gasteiger partial charge < -0.3 is 19.9 Å². The van der Waals surface area contributed by atoms with Crippen LogP contribution in [0.15, 0.2) is 24.3 Å². The number of phenols is 1. The summed E-state index contributed by atoms with van der Waals surface area (Å²) in [5.74, 6) is 0.671. The molecule has 160 valence electrons. The van der Waals surface area contributed by atoms with Crippen molar-refractivity contribution in [1.29, 1.82) is 0 Å². The Morgan fingerprint density at radius 1 is 1.23 bits per heavy atom. The van der Waals surface area contributed by atoms with Crippen LogP contribution in [0.4, 0.5) is 19.0 Å². The first kappa shape index (κ1) is 20.5. The molecule has 2 N–H and O–H groups in total. The number of alkyl halides is 3. The zero-order valence-corrected chi connectivity index (χ0v) is 17.1. The number of nitrogens with one attached hydrogen (secondary N) is 1. The predicted molar refractivity (Wildman–Crippen MR) is 110 cm³/mol. The smallest absolute Gasteiger partial charge is 0.416 e. The van der Waals surface area contributed by atoms with E-state index >= 15 is 0 Å². The van der Waals surface area contributed by atoms with Gasteiger partial charge in [-0.1, -0.05) is 0 Å². The van der Waals surface area contributed by atoms with E-state index < -0.39 is 17.5 Å². The van der Waals surface area contributed by atoms with Gasteiger partial charge >= 0.3 is 6.18 Å². The molecule has 1 unspecified atom stereocenters. The van der Waals surface area contributed by atoms with Crippen LogP contribution in [0, 0.1) is 6.92 Å². The number of halogens is 3. The summed E-state index contributed by atoms with van der Waals surface area (Å²) in [5, 5.41) is 13.8. The highest BCUT2D eigenvalue weighted by atomic mass is 19.4. The lowest BCUT2D eigenvalue weighted by Crippen LogP contribution is -2.23. The number of likely N-dealkylation sites (tertiary alicyclic amines) is 1. The van der Waals surface area contributed by atoms with E-state index in [0.717, 1.165) is 37.2 Å². The maximum absolute atomic E-state index is 13.1. The van der Waals surface area contributed by atoms with Gasteiger partial charge in [-0.15, -0.1) is 0 Å². The van der Waals surface area contributed by atoms with Crippen molar-refractivity contribution >= 4 is 17.0 Å². The molecule has 0 bridgehead atoms. The number of anilines is 1. The van der Waals surface area contributed by atoms with Crippen molar-refractivity contribution in [3.63, 3.8) is 0 Å². The molecule has 1 fully saturated rings. The molecule has 9 heteroatoms. The van der Waals surface area contributed by atoms with E-state index in [4.69, 9.17) is 0 Å². The summed E-state index contributed by atoms with van der Waals surface area (Å²) in [5.41, 5.74) is 0.961. The highest BCUT2D eigenvalue weighted by molar-refractivity contribution is 5.81. The Morgan fingerprint density at radius 3 is 2.60 bits per heavy atom. The average molecular weight is 419 g/mol. The molecule has 1 aliphatic heterocycles. The fourth-order valence-electron chi connectivity index (χ4n) is 4.09. The van der Waals surface area contributed by atoms with Crippen LogP contribution in [-0.2, 0) is 12.7 Å². The number of aromatic nitrogens is 3. The van der Waals surface area contributed by atoms with Crippen molar-refractivity contribution in [2.45, 2.75) is 39.0 Å². The molecule has 0 amide bonds. The monoisotopic (exact) mass is 419 g/mol. The van der Waals surface area contributed by atoms with Gasteiger partial charge in [-0.2, -0.15) is 13.2 Å². The zero-order valence-electron chi connectivity index (χ0n) is 17.1. The number of pyridine rings is 1. The second-order valence-electron chi connectivity index (χ2n) is 7.80. The molecule has 1 saturated heterocycles. The van der Waals surface area contributed by atoms with Crippen molar-refractivity contribution in [3.8, 4) is 17.1 Å². The minimum atomic E-state index is -4.53. The summed E-state index contributed by atoms with van der Waals surface area (Å²) in [6.07, 6.45) is -3.49. The number of rotatable bonds is 4. The number of hydrogen-bond donors (Lipinski definition) is 2. The fourth-order valence-corrected chi connectivity index (χ4v) is 4.09. The lowest BCUT2D eigenvalue weighted by Gasteiger charge is -2.14. The van der Waals surface area contributed by atoms with Crippen LogP contribution in [0.25, 0.3) is 22.6 Å². The number of aryl methyl sites for hydroxylation is 2. The molecule has 3 aromatic rings. The van der Waals surface area contributed by atoms with Crippen LogP contribution >= 0.6 is 0 Å². The molecule has 4 rings (SSSR count). The molecule has 3 heterocycles. The van der Waals surface area contributed by atoms with Gasteiger partial charge in [0.2, 0.25) is 0 Å². The number of hydrogen-bond acceptors (Lipinski definition) is 5. The van der Waals surface area contributed by atoms with Gasteiger partial charge in [0.25, 0.3) is 0 Å². The van der Waals surface area contributed by atoms with Gasteiger partial charge in [-0.3, -0.25) is 0 Å². The normalized spacial score (nSPS) is 17.7. The van der Waals surface area contributed by atoms with E-state index in [-0.39, 0.29) is 5.56 Å². The minimum Gasteiger partial charge on any atom is -0.507 e. The van der Waals surface area contributed by atoms with Crippen molar-refractivity contribution in [1.82, 2.24) is 19.4 Å². The molecule has 1 atom stereocenters. The van der Waals surface area contributed by atoms with E-state index in [1.165, 1.54) is 0 Å². The second kappa shape index (κ2) is 7.46. The molecule has 0 spiro atoms. The topological polar surface area (TPSA) is 66.2 Å². The van der Waals surface area contributed by atoms with E-state index in [2.05, 4.69) is 27.2 Å². The summed E-state index contributed by atoms with van der Waals surface area (Å²) >= 11 is 0. The third-order valence-electron chi connectivity index (χ3n) is 5.54. The quantitative estimate of drug-likeness (QED) is 0.661. The van der Waals surface area contributed by atoms with Gasteiger partial charge in [0.05, 0.1) is 16.6 Å². The standard InChI is InChI=1S/C21H24F3N5O/c1-4-29-15-5-6-17(25-14-7-8-28(3)11-14)26-19(15)27-20(29)18-12(2)9-13(10-16(18)30)21(22,23)24/h5-6,9-10,14,30H,4,7-8,11H2,1-3H3,(H,25,26). The minimum absolute atomic E-state index is 0.287. The van der Waals surface area contributed by atoms with Crippen LogP contribution in [0.3, 0.4) is 0 Å². The van der Waals surface area contributed by atoms with Crippen molar-refractivity contribution < 1.29 is 18.3 Å². The van der Waals surface area contributed by atoms with Crippen molar-refractivity contribution in [3.05, 3.63) is 35.4 Å². The molecule has 30 heavy (non-hydrogen) atoms. The summed E-state index contributed by atoms with van der Waals surface area (Å²) < 4.78 is 41.1. The lowest BCUT2D eigenvalue weighted by molar-refractivity contribution is -0.137. The summed E-state index contributed by atoms with van der Waals surface area (Å²) in [4.78, 5) is 11.4. The van der Waals surface area contributed by atoms with Gasteiger partial charge in [-0.25, -0.2) is 9.97 Å². The number of benzene rings is 1. The van der Waals surface area contributed by atoms with Crippen molar-refractivity contribution in [2.75, 3.05) is 25.5 Å². The van der Waals surface area contributed by atoms with E-state index in [1.807, 2.05) is 23.6 Å². The molecule has 0 aliphatic carbocycles. The van der Waals surface area contributed by atoms with Crippen molar-refractivity contribution in [2.24, 2.45) is 0 Å². The Labute approximate surface area is 172 Å². The molecule has 2 aromatic heterocycles. The highest BCUT2D eigenvalue weighted by Gasteiger charge is 2.32. The average Bonchev–Trinajstić information content (AvgIpc) is 3.22. The predicted octanol–water partition coefficient (Wildman–Crippen LogP) is 4.27. The number of aromatic hydroxyl groups is 1. The molecule has 0 radical (unpaired) electrons. The SMILES string of the molecule is CCn1c(-c2c(C)cc(C(F)(F)F)cc2O)nc2nc(NC3CCN(C)C3)ccc21. The second-order valence-corrected chi connectivity index (χ2v) is 7.80. The molecule has 1 aromatic carbocycles. The molecule has 1 aliphatic rings. The first-order chi connectivity index (χ1) is 14.2. The van der Waals surface area contributed by atoms with Crippen LogP contribution in [0.2, 0.25) is 0 Å². The zero-order chi connectivity index (χ0) is 21.6. The molecule has 6 nitrogen and oxygen atoms in total. The summed E-state index contributed by atoms with van der Waals surface area (Å²) in [6, 6.07) is 5.88. The summed E-state index contributed by atoms with van der Waals surface area (Å²) in [7, 11) is 2.08. The molecular weight excluding hydrogens is 395 g/mol. The number of nitrogens with zero attached hydrogens (tertiary/aromatic N) is 4. The molecular formula is C21H24F3N5O. The van der Waals surface area contributed by atoms with Crippen LogP contribution in [-0.4, -0.2) is 50.7 Å². The van der Waals surface area contributed by atoms with Gasteiger partial charge in [0.1, 0.15) is 17.4 Å². The summed E-state index contributed by atoms with van der Waals surface area (Å²) in [6.45, 7) is 5.96. The van der Waals surface area contributed by atoms with Crippen LogP contribution in [0.5, 0.6) is 5.75 Å². The van der Waals surface area contributed by atoms with Gasteiger partial charge in [-0.05, 0) is 63.7 Å². The first-order valence-corrected chi connectivity index (χ1v) is 9.91. The van der Waals surface area contributed by atoms with Gasteiger partial charge in [0, 0.05) is 19.1 Å². The lowest BCUT2D eigenvalue weighted by atomic mass is 10.0. The van der Waals surface area contributed by atoms with Crippen LogP contribution in [0.1, 0.15) is 24.5 Å². The largest absolute Gasteiger partial charge is 0.507 e. The maximum Gasteiger partial charge on any atom is 0.416 e. The van der Waals surface area contributed by atoms with E-state index in [9.17, 15) is 18.3 Å². The van der Waals surface area contributed by atoms with Gasteiger partial charge in [0.15, 0.2) is 5.65 Å². The first-order valence-electron chi connectivity index (χ1n) is 9.91. The number of likely N-dealkylation sites (N-methyl/N-ethyl adjacent to an activating group) is 1. The Bertz CT molecular complexity index is 1070. The number of fused-ring (bicyclic) bond motifs is 1. The Kier molecular flexibility index (Phi) is 5.09. The number of phenolic OH excluding ortho intramolecular Hbond substituents is 1. The van der Waals surface area contributed by atoms with E-state index in [0.29, 0.717) is 35.4 Å². The Balaban J connectivity index is 1.76. The fraction of sp³-hybridized carbons (Fsp3) is 0.429. The Morgan fingerprint density at radius 2 is 2.00 bits per heavy atom. The Hall–Kier alpha value is -2.81. The maximum atomic E-state index is 13.1.